The monoisotopic (exact) mass is 1170 g/mol. The lowest BCUT2D eigenvalue weighted by Gasteiger charge is -2.21. The predicted molar refractivity (Wildman–Crippen MR) is 312 cm³/mol. The zero-order valence-electron chi connectivity index (χ0n) is 46.7. The summed E-state index contributed by atoms with van der Waals surface area (Å²) in [5.74, 6) is -7.55. The third kappa shape index (κ3) is 20.4. The van der Waals surface area contributed by atoms with Crippen molar-refractivity contribution in [1.29, 1.82) is 0 Å². The molecule has 8 amide bonds. The summed E-state index contributed by atoms with van der Waals surface area (Å²) in [4.78, 5) is 128. The Morgan fingerprint density at radius 1 is 0.464 bits per heavy atom. The van der Waals surface area contributed by atoms with Crippen molar-refractivity contribution in [2.45, 2.75) is 75.5 Å². The average molecular weight is 1170 g/mol. The number of anilines is 4. The molecule has 0 aliphatic rings. The second kappa shape index (κ2) is 32.9. The average Bonchev–Trinajstić information content (AvgIpc) is 3.50. The van der Waals surface area contributed by atoms with Gasteiger partial charge in [0.15, 0.2) is 11.9 Å². The first-order chi connectivity index (χ1) is 40.0. The Labute approximate surface area is 482 Å². The van der Waals surface area contributed by atoms with Gasteiger partial charge in [-0.3, -0.25) is 53.1 Å². The van der Waals surface area contributed by atoms with Gasteiger partial charge in [-0.1, -0.05) is 0 Å². The Hall–Kier alpha value is -10.2. The molecule has 30 heteroatoms. The number of guanidine groups is 2. The number of aliphatic carboxylic acids is 1. The number of aliphatic imine (C=N–C) groups is 2. The maximum atomic E-state index is 14.2. The van der Waals surface area contributed by atoms with Crippen LogP contribution in [0.25, 0.3) is 0 Å². The second-order valence-corrected chi connectivity index (χ2v) is 18.4. The molecule has 0 spiro atoms. The maximum Gasteiger partial charge on any atom is 0.303 e. The number of carboxylic acid groups (broad SMARTS) is 1. The van der Waals surface area contributed by atoms with Crippen LogP contribution in [0.5, 0.6) is 23.0 Å². The first kappa shape index (κ1) is 66.3. The van der Waals surface area contributed by atoms with E-state index >= 15 is 0 Å². The van der Waals surface area contributed by atoms with Crippen molar-refractivity contribution in [3.05, 3.63) is 95.1 Å². The Kier molecular flexibility index (Phi) is 25.9. The Balaban J connectivity index is 1.56. The van der Waals surface area contributed by atoms with E-state index in [0.29, 0.717) is 12.8 Å². The number of carbonyl (C=O) groups excluding carboxylic acids is 8. The molecule has 0 heterocycles. The van der Waals surface area contributed by atoms with Crippen LogP contribution in [0.2, 0.25) is 0 Å². The molecule has 452 valence electrons. The summed E-state index contributed by atoms with van der Waals surface area (Å²) in [5, 5.41) is 28.0. The molecule has 0 aromatic heterocycles. The van der Waals surface area contributed by atoms with Crippen molar-refractivity contribution >= 4 is 87.9 Å². The fraction of sp³-hybridized carbons (Fsp3) is 0.352. The van der Waals surface area contributed by atoms with E-state index in [0.717, 1.165) is 0 Å². The number of ether oxygens (including phenoxy) is 4. The van der Waals surface area contributed by atoms with E-state index < -0.39 is 83.8 Å². The molecule has 0 bridgehead atoms. The molecule has 22 N–H and O–H groups in total. The number of nitrogens with one attached hydrogen (secondary N) is 7. The third-order valence-electron chi connectivity index (χ3n) is 12.3. The minimum atomic E-state index is -1.46. The molecule has 0 saturated carbocycles. The topological polar surface area (TPSA) is 502 Å². The number of carbonyl (C=O) groups is 9. The number of methoxy groups -OCH3 is 4. The van der Waals surface area contributed by atoms with Crippen LogP contribution >= 0.6 is 0 Å². The molecule has 0 unspecified atom stereocenters. The lowest BCUT2D eigenvalue weighted by atomic mass is 10.1. The number of hydrogen-bond acceptors (Lipinski definition) is 17. The molecule has 0 aliphatic carbocycles. The Bertz CT molecular complexity index is 3090. The molecule has 0 radical (unpaired) electrons. The smallest absolute Gasteiger partial charge is 0.303 e. The van der Waals surface area contributed by atoms with E-state index in [2.05, 4.69) is 47.2 Å². The molecule has 4 atom stereocenters. The summed E-state index contributed by atoms with van der Waals surface area (Å²) in [6.07, 6.45) is 0.243. The number of benzene rings is 4. The van der Waals surface area contributed by atoms with Gasteiger partial charge in [0.05, 0.1) is 56.7 Å². The van der Waals surface area contributed by atoms with Crippen molar-refractivity contribution < 1.29 is 67.2 Å². The van der Waals surface area contributed by atoms with Crippen LogP contribution in [-0.2, 0) is 24.0 Å². The molecular weight excluding hydrogens is 1100 g/mol. The molecule has 0 aliphatic heterocycles. The minimum absolute atomic E-state index is 0.0121. The van der Waals surface area contributed by atoms with Gasteiger partial charge < -0.3 is 101 Å². The fourth-order valence-electron chi connectivity index (χ4n) is 8.05. The largest absolute Gasteiger partial charge is 0.496 e. The lowest BCUT2D eigenvalue weighted by molar-refractivity contribution is -0.137. The summed E-state index contributed by atoms with van der Waals surface area (Å²) >= 11 is 0. The highest BCUT2D eigenvalue weighted by Crippen LogP contribution is 2.28. The van der Waals surface area contributed by atoms with E-state index in [1.807, 2.05) is 0 Å². The van der Waals surface area contributed by atoms with E-state index in [9.17, 15) is 48.3 Å². The fourth-order valence-corrected chi connectivity index (χ4v) is 8.05. The van der Waals surface area contributed by atoms with Crippen molar-refractivity contribution in [2.24, 2.45) is 50.1 Å². The summed E-state index contributed by atoms with van der Waals surface area (Å²) in [5.41, 5.74) is 39.1. The van der Waals surface area contributed by atoms with Crippen molar-refractivity contribution in [3.8, 4) is 23.0 Å². The normalized spacial score (nSPS) is 12.0. The highest BCUT2D eigenvalue weighted by Gasteiger charge is 2.29. The maximum absolute atomic E-state index is 14.2. The van der Waals surface area contributed by atoms with Crippen LogP contribution in [-0.4, -0.2) is 142 Å². The zero-order chi connectivity index (χ0) is 62.0. The van der Waals surface area contributed by atoms with E-state index in [1.54, 1.807) is 0 Å². The van der Waals surface area contributed by atoms with E-state index in [4.69, 9.17) is 59.1 Å². The van der Waals surface area contributed by atoms with E-state index in [1.165, 1.54) is 101 Å². The number of rotatable bonds is 33. The summed E-state index contributed by atoms with van der Waals surface area (Å²) in [6, 6.07) is 11.5. The van der Waals surface area contributed by atoms with Crippen molar-refractivity contribution in [2.75, 3.05) is 69.3 Å². The molecular formula is C54H72N16O14. The van der Waals surface area contributed by atoms with Gasteiger partial charge in [-0.05, 0) is 124 Å². The van der Waals surface area contributed by atoms with Crippen LogP contribution in [0.15, 0.2) is 82.8 Å². The molecule has 4 aromatic rings. The summed E-state index contributed by atoms with van der Waals surface area (Å²) in [7, 11) is 5.21. The van der Waals surface area contributed by atoms with Crippen LogP contribution in [0, 0.1) is 0 Å². The van der Waals surface area contributed by atoms with Crippen LogP contribution in [0.3, 0.4) is 0 Å². The number of nitrogens with two attached hydrogens (primary N) is 7. The molecule has 4 aromatic carbocycles. The Morgan fingerprint density at radius 2 is 0.786 bits per heavy atom. The van der Waals surface area contributed by atoms with Gasteiger partial charge in [-0.2, -0.15) is 0 Å². The minimum Gasteiger partial charge on any atom is -0.496 e. The molecule has 0 fully saturated rings. The third-order valence-corrected chi connectivity index (χ3v) is 12.3. The molecule has 4 rings (SSSR count). The van der Waals surface area contributed by atoms with Gasteiger partial charge in [-0.15, -0.1) is 0 Å². The summed E-state index contributed by atoms with van der Waals surface area (Å²) in [6.45, 7) is 0.480. The van der Waals surface area contributed by atoms with Crippen molar-refractivity contribution in [3.63, 3.8) is 0 Å². The lowest BCUT2D eigenvalue weighted by Crippen LogP contribution is -2.45. The predicted octanol–water partition coefficient (Wildman–Crippen LogP) is 0.00790. The first-order valence-electron chi connectivity index (χ1n) is 26.0. The van der Waals surface area contributed by atoms with E-state index in [-0.39, 0.29) is 132 Å². The van der Waals surface area contributed by atoms with Gasteiger partial charge in [0.25, 0.3) is 23.6 Å². The highest BCUT2D eigenvalue weighted by molar-refractivity contribution is 6.08. The number of nitrogens with zero attached hydrogens (tertiary/aromatic N) is 2. The zero-order valence-corrected chi connectivity index (χ0v) is 46.7. The van der Waals surface area contributed by atoms with Crippen LogP contribution in [0.4, 0.5) is 22.7 Å². The molecule has 30 nitrogen and oxygen atoms in total. The summed E-state index contributed by atoms with van der Waals surface area (Å²) < 4.78 is 21.5. The quantitative estimate of drug-likeness (QED) is 0.0170. The van der Waals surface area contributed by atoms with Crippen molar-refractivity contribution in [1.82, 2.24) is 16.0 Å². The van der Waals surface area contributed by atoms with Crippen LogP contribution in [0.1, 0.15) is 92.8 Å². The number of carboxylic acids is 1. The highest BCUT2D eigenvalue weighted by atomic mass is 16.5. The number of hydrogen-bond donors (Lipinski definition) is 15. The second-order valence-electron chi connectivity index (χ2n) is 18.4. The molecule has 84 heavy (non-hydrogen) atoms. The Morgan fingerprint density at radius 3 is 1.12 bits per heavy atom. The number of amides is 8. The SMILES string of the molecule is COc1ccc(NC(=O)[C@H](CCC(=O)O)NC(=O)c2cc(NC(=O)[C@H](CCCN=C(N)N)NC(=O)c3cc(NC(=O)[C@H](CCCN)NC(=O)c4cc(NC(=O)[C@@H](N)CCCN=C(N)N)ccc4OC)ccc3OC)ccc2OC)cc1C(N)=O. The first-order valence-corrected chi connectivity index (χ1v) is 26.0. The van der Waals surface area contributed by atoms with Crippen LogP contribution < -0.4 is 96.3 Å². The van der Waals surface area contributed by atoms with Gasteiger partial charge in [-0.25, -0.2) is 0 Å². The number of primary amides is 1. The standard InChI is InChI=1S/C54H72N16O14/c1-81-40-16-11-28(24-32(40)45(57)73)65-52(80)39(15-20-44(71)72)70-48(76)35-27-31(14-19-43(35)84-4)67-51(79)38(10-7-23-63-54(60)61)69-47(75)34-26-30(13-18-42(34)83-3)66-50(78)37(9-5-21-55)68-46(74)33-25-29(12-17-41(33)82-2)64-49(77)36(56)8-6-22-62-53(58)59/h11-14,16-19,24-27,36-39H,5-10,15,20-23,55-56H2,1-4H3,(H2,57,73)(H,64,77)(H,65,80)(H,66,78)(H,67,79)(H,68,74)(H,69,75)(H,70,76)(H,71,72)(H4,58,59,62)(H4,60,61,63)/t36-,37-,38-,39-/m0/s1. The van der Waals surface area contributed by atoms with Gasteiger partial charge >= 0.3 is 5.97 Å². The molecule has 0 saturated heterocycles. The van der Waals surface area contributed by atoms with Gasteiger partial charge in [0, 0.05) is 42.3 Å². The van der Waals surface area contributed by atoms with Gasteiger partial charge in [0.2, 0.25) is 23.6 Å². The van der Waals surface area contributed by atoms with Gasteiger partial charge in [0.1, 0.15) is 41.1 Å².